The third-order valence-corrected chi connectivity index (χ3v) is 2.88. The lowest BCUT2D eigenvalue weighted by Crippen LogP contribution is -1.92. The maximum absolute atomic E-state index is 13.5. The summed E-state index contributed by atoms with van der Waals surface area (Å²) < 4.78 is 18.7. The number of aromatic nitrogens is 2. The molecule has 0 aliphatic carbocycles. The van der Waals surface area contributed by atoms with Crippen LogP contribution in [-0.2, 0) is 0 Å². The van der Waals surface area contributed by atoms with Crippen LogP contribution in [0.5, 0.6) is 0 Å². The second-order valence-electron chi connectivity index (χ2n) is 4.23. The Balaban J connectivity index is 2.54. The van der Waals surface area contributed by atoms with E-state index in [9.17, 15) is 4.39 Å². The maximum Gasteiger partial charge on any atom is 0.144 e. The van der Waals surface area contributed by atoms with Gasteiger partial charge in [0.1, 0.15) is 17.3 Å². The van der Waals surface area contributed by atoms with Gasteiger partial charge in [0.15, 0.2) is 0 Å². The highest BCUT2D eigenvalue weighted by atomic mass is 19.1. The molecule has 0 saturated heterocycles. The van der Waals surface area contributed by atoms with Crippen molar-refractivity contribution in [2.45, 2.75) is 27.7 Å². The lowest BCUT2D eigenvalue weighted by molar-refractivity contribution is 0.393. The Morgan fingerprint density at radius 2 is 2.06 bits per heavy atom. The molecule has 0 N–H and O–H groups in total. The lowest BCUT2D eigenvalue weighted by Gasteiger charge is -2.05. The Kier molecular flexibility index (Phi) is 3.28. The molecule has 3 nitrogen and oxygen atoms in total. The molecule has 0 amide bonds. The SMILES string of the molecule is C/C=C(/F)c1ncc(-c2c(C)noc2C)cc1C. The molecule has 0 bridgehead atoms. The minimum atomic E-state index is -0.308. The van der Waals surface area contributed by atoms with Gasteiger partial charge >= 0.3 is 0 Å². The minimum Gasteiger partial charge on any atom is -0.361 e. The zero-order valence-electron chi connectivity index (χ0n) is 10.9. The molecule has 2 heterocycles. The van der Waals surface area contributed by atoms with Gasteiger partial charge in [-0.2, -0.15) is 0 Å². The predicted octanol–water partition coefficient (Wildman–Crippen LogP) is 3.99. The maximum atomic E-state index is 13.5. The monoisotopic (exact) mass is 246 g/mol. The molecule has 0 aromatic carbocycles. The summed E-state index contributed by atoms with van der Waals surface area (Å²) in [4.78, 5) is 4.17. The molecular formula is C14H15FN2O. The molecule has 0 aliphatic heterocycles. The number of halogens is 1. The van der Waals surface area contributed by atoms with E-state index in [1.807, 2.05) is 26.8 Å². The highest BCUT2D eigenvalue weighted by Crippen LogP contribution is 2.28. The summed E-state index contributed by atoms with van der Waals surface area (Å²) in [6.07, 6.45) is 3.06. The summed E-state index contributed by atoms with van der Waals surface area (Å²) >= 11 is 0. The molecule has 0 unspecified atom stereocenters. The smallest absolute Gasteiger partial charge is 0.144 e. The van der Waals surface area contributed by atoms with E-state index >= 15 is 0 Å². The van der Waals surface area contributed by atoms with Gasteiger partial charge in [-0.1, -0.05) is 5.16 Å². The van der Waals surface area contributed by atoms with Gasteiger partial charge in [0.05, 0.1) is 5.69 Å². The van der Waals surface area contributed by atoms with Crippen molar-refractivity contribution in [3.63, 3.8) is 0 Å². The van der Waals surface area contributed by atoms with Crippen LogP contribution in [0, 0.1) is 20.8 Å². The van der Waals surface area contributed by atoms with Crippen LogP contribution >= 0.6 is 0 Å². The molecule has 18 heavy (non-hydrogen) atoms. The van der Waals surface area contributed by atoms with Crippen molar-refractivity contribution in [2.24, 2.45) is 0 Å². The molecule has 0 aliphatic rings. The van der Waals surface area contributed by atoms with Crippen molar-refractivity contribution in [3.8, 4) is 11.1 Å². The minimum absolute atomic E-state index is 0.308. The normalized spacial score (nSPS) is 11.9. The van der Waals surface area contributed by atoms with Crippen LogP contribution in [0.2, 0.25) is 0 Å². The number of pyridine rings is 1. The van der Waals surface area contributed by atoms with E-state index in [0.717, 1.165) is 28.1 Å². The Morgan fingerprint density at radius 3 is 2.56 bits per heavy atom. The quantitative estimate of drug-likeness (QED) is 0.804. The average molecular weight is 246 g/mol. The van der Waals surface area contributed by atoms with Gasteiger partial charge < -0.3 is 4.52 Å². The van der Waals surface area contributed by atoms with E-state index in [0.29, 0.717) is 5.69 Å². The molecule has 0 fully saturated rings. The van der Waals surface area contributed by atoms with Gasteiger partial charge in [0.2, 0.25) is 0 Å². The number of nitrogens with zero attached hydrogens (tertiary/aromatic N) is 2. The number of hydrogen-bond donors (Lipinski definition) is 0. The fourth-order valence-corrected chi connectivity index (χ4v) is 1.99. The van der Waals surface area contributed by atoms with Gasteiger partial charge in [-0.3, -0.25) is 4.98 Å². The first-order valence-electron chi connectivity index (χ1n) is 5.76. The Morgan fingerprint density at radius 1 is 1.33 bits per heavy atom. The van der Waals surface area contributed by atoms with Crippen LogP contribution in [0.1, 0.15) is 29.6 Å². The Bertz CT molecular complexity index is 595. The molecule has 2 aromatic rings. The lowest BCUT2D eigenvalue weighted by atomic mass is 10.0. The van der Waals surface area contributed by atoms with E-state index in [1.165, 1.54) is 6.08 Å². The van der Waals surface area contributed by atoms with Crippen LogP contribution in [0.3, 0.4) is 0 Å². The van der Waals surface area contributed by atoms with Crippen molar-refractivity contribution in [1.82, 2.24) is 10.1 Å². The first-order chi connectivity index (χ1) is 8.54. The predicted molar refractivity (Wildman–Crippen MR) is 68.7 cm³/mol. The zero-order valence-corrected chi connectivity index (χ0v) is 10.9. The molecule has 94 valence electrons. The number of hydrogen-bond acceptors (Lipinski definition) is 3. The molecule has 0 spiro atoms. The van der Waals surface area contributed by atoms with Crippen LogP contribution in [0.15, 0.2) is 22.9 Å². The molecule has 2 rings (SSSR count). The summed E-state index contributed by atoms with van der Waals surface area (Å²) in [5.74, 6) is 0.436. The fraction of sp³-hybridized carbons (Fsp3) is 0.286. The zero-order chi connectivity index (χ0) is 13.3. The Labute approximate surface area is 105 Å². The van der Waals surface area contributed by atoms with E-state index in [4.69, 9.17) is 4.52 Å². The summed E-state index contributed by atoms with van der Waals surface area (Å²) in [5.41, 5.74) is 3.82. The van der Waals surface area contributed by atoms with E-state index in [1.54, 1.807) is 13.1 Å². The second-order valence-corrected chi connectivity index (χ2v) is 4.23. The number of aryl methyl sites for hydroxylation is 3. The van der Waals surface area contributed by atoms with Crippen molar-refractivity contribution in [2.75, 3.05) is 0 Å². The van der Waals surface area contributed by atoms with Gasteiger partial charge in [-0.05, 0) is 45.4 Å². The van der Waals surface area contributed by atoms with E-state index in [2.05, 4.69) is 10.1 Å². The van der Waals surface area contributed by atoms with Crippen LogP contribution in [-0.4, -0.2) is 10.1 Å². The van der Waals surface area contributed by atoms with Crippen LogP contribution in [0.4, 0.5) is 4.39 Å². The molecule has 4 heteroatoms. The van der Waals surface area contributed by atoms with Gasteiger partial charge in [-0.15, -0.1) is 0 Å². The summed E-state index contributed by atoms with van der Waals surface area (Å²) in [6, 6.07) is 1.90. The van der Waals surface area contributed by atoms with Crippen molar-refractivity contribution in [3.05, 3.63) is 41.1 Å². The topological polar surface area (TPSA) is 38.9 Å². The molecule has 0 radical (unpaired) electrons. The van der Waals surface area contributed by atoms with E-state index < -0.39 is 0 Å². The summed E-state index contributed by atoms with van der Waals surface area (Å²) in [5, 5.41) is 3.91. The largest absolute Gasteiger partial charge is 0.361 e. The summed E-state index contributed by atoms with van der Waals surface area (Å²) in [6.45, 7) is 7.22. The van der Waals surface area contributed by atoms with Crippen LogP contribution in [0.25, 0.3) is 17.0 Å². The molecule has 2 aromatic heterocycles. The number of rotatable bonds is 2. The third-order valence-electron chi connectivity index (χ3n) is 2.88. The van der Waals surface area contributed by atoms with Gasteiger partial charge in [-0.25, -0.2) is 4.39 Å². The molecule has 0 atom stereocenters. The molecule has 0 saturated carbocycles. The third kappa shape index (κ3) is 2.06. The van der Waals surface area contributed by atoms with Gasteiger partial charge in [0, 0.05) is 17.3 Å². The molecular weight excluding hydrogens is 231 g/mol. The highest BCUT2D eigenvalue weighted by molar-refractivity contribution is 5.70. The number of allylic oxidation sites excluding steroid dienone is 1. The van der Waals surface area contributed by atoms with Crippen molar-refractivity contribution in [1.29, 1.82) is 0 Å². The van der Waals surface area contributed by atoms with Crippen LogP contribution < -0.4 is 0 Å². The van der Waals surface area contributed by atoms with Crippen molar-refractivity contribution < 1.29 is 8.91 Å². The average Bonchev–Trinajstić information content (AvgIpc) is 2.68. The Hall–Kier alpha value is -1.97. The fourth-order valence-electron chi connectivity index (χ4n) is 1.99. The van der Waals surface area contributed by atoms with E-state index in [-0.39, 0.29) is 5.83 Å². The first-order valence-corrected chi connectivity index (χ1v) is 5.76. The summed E-state index contributed by atoms with van der Waals surface area (Å²) in [7, 11) is 0. The van der Waals surface area contributed by atoms with Crippen molar-refractivity contribution >= 4 is 5.83 Å². The van der Waals surface area contributed by atoms with Gasteiger partial charge in [0.25, 0.3) is 0 Å². The second kappa shape index (κ2) is 4.72. The highest BCUT2D eigenvalue weighted by Gasteiger charge is 2.14. The first kappa shape index (κ1) is 12.5. The standard InChI is InChI=1S/C14H15FN2O/c1-5-12(15)14-8(2)6-11(7-16-14)13-9(3)17-18-10(13)4/h5-7H,1-4H3/b12-5+.